The van der Waals surface area contributed by atoms with Crippen LogP contribution in [0.25, 0.3) is 0 Å². The van der Waals surface area contributed by atoms with Crippen molar-refractivity contribution in [2.75, 3.05) is 25.0 Å². The van der Waals surface area contributed by atoms with Crippen LogP contribution in [-0.4, -0.2) is 42.4 Å². The lowest BCUT2D eigenvalue weighted by Crippen LogP contribution is -2.42. The average Bonchev–Trinajstić information content (AvgIpc) is 2.78. The molecule has 2 amide bonds. The number of hydrogen-bond acceptors (Lipinski definition) is 4. The molecule has 0 saturated carbocycles. The SMILES string of the molecule is CC(C)c1ccc(C(=O)COC(=O)C2CCN(C(=O)Nc3ccccc3)CC2)cc1. The minimum Gasteiger partial charge on any atom is -0.457 e. The zero-order chi connectivity index (χ0) is 21.5. The van der Waals surface area contributed by atoms with E-state index < -0.39 is 0 Å². The molecule has 1 fully saturated rings. The number of ether oxygens (including phenoxy) is 1. The van der Waals surface area contributed by atoms with Gasteiger partial charge in [-0.15, -0.1) is 0 Å². The normalized spacial score (nSPS) is 14.4. The molecular weight excluding hydrogens is 380 g/mol. The zero-order valence-corrected chi connectivity index (χ0v) is 17.5. The molecule has 3 rings (SSSR count). The maximum absolute atomic E-state index is 12.4. The highest BCUT2D eigenvalue weighted by atomic mass is 16.5. The predicted octanol–water partition coefficient (Wildman–Crippen LogP) is 4.48. The summed E-state index contributed by atoms with van der Waals surface area (Å²) in [4.78, 5) is 38.7. The summed E-state index contributed by atoms with van der Waals surface area (Å²) in [5, 5.41) is 2.85. The first-order valence-electron chi connectivity index (χ1n) is 10.3. The number of rotatable bonds is 6. The number of nitrogens with one attached hydrogen (secondary N) is 1. The van der Waals surface area contributed by atoms with Gasteiger partial charge in [-0.05, 0) is 36.5 Å². The standard InChI is InChI=1S/C24H28N2O4/c1-17(2)18-8-10-19(11-9-18)22(27)16-30-23(28)20-12-14-26(15-13-20)24(29)25-21-6-4-3-5-7-21/h3-11,17,20H,12-16H2,1-2H3,(H,25,29). The molecule has 1 saturated heterocycles. The second kappa shape index (κ2) is 10.1. The topological polar surface area (TPSA) is 75.7 Å². The third-order valence-electron chi connectivity index (χ3n) is 5.39. The number of para-hydroxylation sites is 1. The molecule has 1 aliphatic rings. The molecule has 2 aromatic rings. The van der Waals surface area contributed by atoms with Gasteiger partial charge in [0, 0.05) is 24.3 Å². The Bertz CT molecular complexity index is 870. The Kier molecular flexibility index (Phi) is 7.22. The van der Waals surface area contributed by atoms with E-state index in [2.05, 4.69) is 19.2 Å². The van der Waals surface area contributed by atoms with Gasteiger partial charge >= 0.3 is 12.0 Å². The van der Waals surface area contributed by atoms with Crippen LogP contribution >= 0.6 is 0 Å². The third-order valence-corrected chi connectivity index (χ3v) is 5.39. The highest BCUT2D eigenvalue weighted by Crippen LogP contribution is 2.20. The van der Waals surface area contributed by atoms with Crippen molar-refractivity contribution >= 4 is 23.5 Å². The van der Waals surface area contributed by atoms with Crippen molar-refractivity contribution in [3.63, 3.8) is 0 Å². The summed E-state index contributed by atoms with van der Waals surface area (Å²) < 4.78 is 5.26. The number of hydrogen-bond donors (Lipinski definition) is 1. The van der Waals surface area contributed by atoms with Crippen molar-refractivity contribution < 1.29 is 19.1 Å². The van der Waals surface area contributed by atoms with Crippen LogP contribution in [-0.2, 0) is 9.53 Å². The Hall–Kier alpha value is -3.15. The van der Waals surface area contributed by atoms with Crippen molar-refractivity contribution in [2.45, 2.75) is 32.6 Å². The Morgan fingerprint density at radius 3 is 2.23 bits per heavy atom. The van der Waals surface area contributed by atoms with E-state index in [0.29, 0.717) is 37.4 Å². The molecule has 0 bridgehead atoms. The van der Waals surface area contributed by atoms with Gasteiger partial charge in [-0.3, -0.25) is 9.59 Å². The number of anilines is 1. The van der Waals surface area contributed by atoms with E-state index in [9.17, 15) is 14.4 Å². The molecule has 0 atom stereocenters. The van der Waals surface area contributed by atoms with Gasteiger partial charge in [0.15, 0.2) is 12.4 Å². The van der Waals surface area contributed by atoms with Crippen LogP contribution in [0.1, 0.15) is 48.5 Å². The summed E-state index contributed by atoms with van der Waals surface area (Å²) in [7, 11) is 0. The van der Waals surface area contributed by atoms with E-state index in [1.54, 1.807) is 17.0 Å². The van der Waals surface area contributed by atoms with Gasteiger partial charge in [0.1, 0.15) is 0 Å². The van der Waals surface area contributed by atoms with Crippen molar-refractivity contribution in [2.24, 2.45) is 5.92 Å². The lowest BCUT2D eigenvalue weighted by molar-refractivity contribution is -0.148. The monoisotopic (exact) mass is 408 g/mol. The van der Waals surface area contributed by atoms with Crippen LogP contribution in [0.3, 0.4) is 0 Å². The van der Waals surface area contributed by atoms with Crippen molar-refractivity contribution in [1.82, 2.24) is 4.90 Å². The first-order chi connectivity index (χ1) is 14.4. The van der Waals surface area contributed by atoms with Crippen molar-refractivity contribution in [3.05, 3.63) is 65.7 Å². The number of carbonyl (C=O) groups is 3. The summed E-state index contributed by atoms with van der Waals surface area (Å²) >= 11 is 0. The molecule has 6 nitrogen and oxygen atoms in total. The van der Waals surface area contributed by atoms with Crippen LogP contribution in [0.4, 0.5) is 10.5 Å². The van der Waals surface area contributed by atoms with E-state index >= 15 is 0 Å². The Labute approximate surface area is 177 Å². The Morgan fingerprint density at radius 2 is 1.63 bits per heavy atom. The quantitative estimate of drug-likeness (QED) is 0.565. The van der Waals surface area contributed by atoms with Crippen molar-refractivity contribution in [1.29, 1.82) is 0 Å². The minimum absolute atomic E-state index is 0.173. The van der Waals surface area contributed by atoms with E-state index in [1.807, 2.05) is 42.5 Å². The van der Waals surface area contributed by atoms with E-state index in [0.717, 1.165) is 11.3 Å². The van der Waals surface area contributed by atoms with E-state index in [-0.39, 0.29) is 30.3 Å². The largest absolute Gasteiger partial charge is 0.457 e. The number of nitrogens with zero attached hydrogens (tertiary/aromatic N) is 1. The second-order valence-corrected chi connectivity index (χ2v) is 7.87. The van der Waals surface area contributed by atoms with Crippen LogP contribution in [0.5, 0.6) is 0 Å². The van der Waals surface area contributed by atoms with Gasteiger partial charge in [-0.1, -0.05) is 56.3 Å². The number of likely N-dealkylation sites (tertiary alicyclic amines) is 1. The van der Waals surface area contributed by atoms with Gasteiger partial charge < -0.3 is 15.0 Å². The van der Waals surface area contributed by atoms with Crippen molar-refractivity contribution in [3.8, 4) is 0 Å². The molecule has 1 aliphatic heterocycles. The number of amides is 2. The lowest BCUT2D eigenvalue weighted by atomic mass is 9.97. The first-order valence-corrected chi connectivity index (χ1v) is 10.3. The number of carbonyl (C=O) groups excluding carboxylic acids is 3. The second-order valence-electron chi connectivity index (χ2n) is 7.87. The minimum atomic E-state index is -0.370. The molecular formula is C24H28N2O4. The molecule has 6 heteroatoms. The average molecular weight is 408 g/mol. The van der Waals surface area contributed by atoms with E-state index in [1.165, 1.54) is 0 Å². The molecule has 2 aromatic carbocycles. The summed E-state index contributed by atoms with van der Waals surface area (Å²) in [6.07, 6.45) is 1.05. The van der Waals surface area contributed by atoms with Gasteiger partial charge in [0.25, 0.3) is 0 Å². The fourth-order valence-corrected chi connectivity index (χ4v) is 3.43. The molecule has 0 unspecified atom stereocenters. The maximum Gasteiger partial charge on any atom is 0.321 e. The zero-order valence-electron chi connectivity index (χ0n) is 17.5. The van der Waals surface area contributed by atoms with Crippen LogP contribution in [0.15, 0.2) is 54.6 Å². The summed E-state index contributed by atoms with van der Waals surface area (Å²) in [6.45, 7) is 4.88. The molecule has 0 radical (unpaired) electrons. The fraction of sp³-hybridized carbons (Fsp3) is 0.375. The number of piperidine rings is 1. The fourth-order valence-electron chi connectivity index (χ4n) is 3.43. The number of esters is 1. The highest BCUT2D eigenvalue weighted by Gasteiger charge is 2.28. The number of ketones is 1. The Morgan fingerprint density at radius 1 is 1.00 bits per heavy atom. The summed E-state index contributed by atoms with van der Waals surface area (Å²) in [5.41, 5.74) is 2.44. The molecule has 1 heterocycles. The molecule has 158 valence electrons. The van der Waals surface area contributed by atoms with Gasteiger partial charge in [-0.2, -0.15) is 0 Å². The predicted molar refractivity (Wildman–Crippen MR) is 116 cm³/mol. The van der Waals surface area contributed by atoms with Crippen LogP contribution in [0, 0.1) is 5.92 Å². The smallest absolute Gasteiger partial charge is 0.321 e. The molecule has 1 N–H and O–H groups in total. The number of Topliss-reactive ketones (excluding diaryl/α,β-unsaturated/α-hetero) is 1. The van der Waals surface area contributed by atoms with Gasteiger partial charge in [-0.25, -0.2) is 4.79 Å². The van der Waals surface area contributed by atoms with Crippen LogP contribution in [0.2, 0.25) is 0 Å². The highest BCUT2D eigenvalue weighted by molar-refractivity contribution is 5.98. The molecule has 0 spiro atoms. The van der Waals surface area contributed by atoms with Gasteiger partial charge in [0.2, 0.25) is 0 Å². The lowest BCUT2D eigenvalue weighted by Gasteiger charge is -2.30. The van der Waals surface area contributed by atoms with E-state index in [4.69, 9.17) is 4.74 Å². The molecule has 30 heavy (non-hydrogen) atoms. The number of benzene rings is 2. The summed E-state index contributed by atoms with van der Waals surface area (Å²) in [6, 6.07) is 16.5. The number of urea groups is 1. The van der Waals surface area contributed by atoms with Crippen LogP contribution < -0.4 is 5.32 Å². The maximum atomic E-state index is 12.4. The Balaban J connectivity index is 1.42. The first kappa shape index (κ1) is 21.6. The van der Waals surface area contributed by atoms with Gasteiger partial charge in [0.05, 0.1) is 5.92 Å². The molecule has 0 aliphatic carbocycles. The molecule has 0 aromatic heterocycles. The third kappa shape index (κ3) is 5.69. The summed E-state index contributed by atoms with van der Waals surface area (Å²) in [5.74, 6) is -0.474.